The Hall–Kier alpha value is -2.83. The molecular formula is C14H15N5O2. The maximum absolute atomic E-state index is 5.84. The van der Waals surface area contributed by atoms with Gasteiger partial charge in [0.25, 0.3) is 5.88 Å². The molecule has 108 valence electrons. The minimum atomic E-state index is 0.412. The highest BCUT2D eigenvalue weighted by Crippen LogP contribution is 2.28. The van der Waals surface area contributed by atoms with Crippen molar-refractivity contribution in [3.63, 3.8) is 0 Å². The monoisotopic (exact) mass is 285 g/mol. The van der Waals surface area contributed by atoms with Crippen molar-refractivity contribution in [1.82, 2.24) is 19.9 Å². The Labute approximate surface area is 121 Å². The number of aromatic amines is 1. The maximum atomic E-state index is 5.84. The summed E-state index contributed by atoms with van der Waals surface area (Å²) in [6, 6.07) is 7.39. The predicted molar refractivity (Wildman–Crippen MR) is 78.9 cm³/mol. The Morgan fingerprint density at radius 1 is 1.24 bits per heavy atom. The lowest BCUT2D eigenvalue weighted by Crippen LogP contribution is -1.99. The molecule has 0 unspecified atom stereocenters. The molecule has 0 amide bonds. The van der Waals surface area contributed by atoms with E-state index in [1.807, 2.05) is 31.2 Å². The van der Waals surface area contributed by atoms with Crippen LogP contribution in [-0.2, 0) is 0 Å². The normalized spacial score (nSPS) is 10.6. The summed E-state index contributed by atoms with van der Waals surface area (Å²) >= 11 is 0. The lowest BCUT2D eigenvalue weighted by atomic mass is 10.3. The van der Waals surface area contributed by atoms with Crippen LogP contribution in [0.5, 0.6) is 17.4 Å². The molecular weight excluding hydrogens is 270 g/mol. The first-order valence-electron chi connectivity index (χ1n) is 6.59. The second-order valence-corrected chi connectivity index (χ2v) is 4.21. The summed E-state index contributed by atoms with van der Waals surface area (Å²) in [5.41, 5.74) is 1.20. The topological polar surface area (TPSA) is 84.9 Å². The zero-order valence-corrected chi connectivity index (χ0v) is 11.8. The van der Waals surface area contributed by atoms with Gasteiger partial charge in [-0.05, 0) is 19.1 Å². The fourth-order valence-corrected chi connectivity index (χ4v) is 1.90. The molecule has 0 aliphatic heterocycles. The molecule has 3 aromatic rings. The van der Waals surface area contributed by atoms with Crippen LogP contribution in [-0.4, -0.2) is 33.6 Å². The van der Waals surface area contributed by atoms with Crippen LogP contribution in [0.4, 0.5) is 5.95 Å². The first-order chi connectivity index (χ1) is 10.3. The molecule has 7 heteroatoms. The van der Waals surface area contributed by atoms with Crippen LogP contribution in [0.15, 0.2) is 30.6 Å². The summed E-state index contributed by atoms with van der Waals surface area (Å²) in [6.45, 7) is 2.54. The number of aromatic nitrogens is 4. The van der Waals surface area contributed by atoms with Gasteiger partial charge in [-0.25, -0.2) is 4.98 Å². The van der Waals surface area contributed by atoms with E-state index in [4.69, 9.17) is 9.47 Å². The fraction of sp³-hybridized carbons (Fsp3) is 0.214. The molecule has 21 heavy (non-hydrogen) atoms. The number of hydrogen-bond acceptors (Lipinski definition) is 6. The van der Waals surface area contributed by atoms with Crippen molar-refractivity contribution in [2.24, 2.45) is 0 Å². The highest BCUT2D eigenvalue weighted by atomic mass is 16.5. The molecule has 2 aromatic heterocycles. The van der Waals surface area contributed by atoms with Gasteiger partial charge in [0.1, 0.15) is 17.0 Å². The largest absolute Gasteiger partial charge is 0.494 e. The van der Waals surface area contributed by atoms with Gasteiger partial charge in [-0.1, -0.05) is 6.07 Å². The molecule has 2 N–H and O–H groups in total. The number of fused-ring (bicyclic) bond motifs is 1. The molecule has 0 fully saturated rings. The van der Waals surface area contributed by atoms with E-state index in [0.29, 0.717) is 35.3 Å². The molecule has 0 aliphatic carbocycles. The Balaban J connectivity index is 1.97. The molecule has 3 rings (SSSR count). The van der Waals surface area contributed by atoms with Crippen molar-refractivity contribution in [3.05, 3.63) is 30.6 Å². The summed E-state index contributed by atoms with van der Waals surface area (Å²) in [5.74, 6) is 2.25. The summed E-state index contributed by atoms with van der Waals surface area (Å²) < 4.78 is 11.3. The average Bonchev–Trinajstić information content (AvgIpc) is 2.96. The standard InChI is InChI=1S/C14H15N5O2/c1-3-20-9-5-4-6-10(7-9)21-13-11-12(17-8-16-11)18-14(15-2)19-13/h4-8H,3H2,1-2H3,(H2,15,16,17,18,19). The minimum absolute atomic E-state index is 0.412. The molecule has 0 saturated carbocycles. The zero-order chi connectivity index (χ0) is 14.7. The zero-order valence-electron chi connectivity index (χ0n) is 11.8. The number of ether oxygens (including phenoxy) is 2. The summed E-state index contributed by atoms with van der Waals surface area (Å²) in [7, 11) is 1.74. The van der Waals surface area contributed by atoms with E-state index in [-0.39, 0.29) is 0 Å². The van der Waals surface area contributed by atoms with Crippen LogP contribution in [0.2, 0.25) is 0 Å². The summed E-state index contributed by atoms with van der Waals surface area (Å²) in [4.78, 5) is 15.6. The smallest absolute Gasteiger partial charge is 0.250 e. The third-order valence-electron chi connectivity index (χ3n) is 2.81. The van der Waals surface area contributed by atoms with Gasteiger partial charge in [-0.3, -0.25) is 0 Å². The van der Waals surface area contributed by atoms with E-state index in [1.165, 1.54) is 0 Å². The third kappa shape index (κ3) is 2.71. The van der Waals surface area contributed by atoms with Crippen molar-refractivity contribution >= 4 is 17.1 Å². The van der Waals surface area contributed by atoms with Gasteiger partial charge in [0.05, 0.1) is 12.9 Å². The van der Waals surface area contributed by atoms with E-state index >= 15 is 0 Å². The molecule has 1 aromatic carbocycles. The lowest BCUT2D eigenvalue weighted by Gasteiger charge is -2.09. The quantitative estimate of drug-likeness (QED) is 0.749. The Morgan fingerprint density at radius 2 is 2.10 bits per heavy atom. The fourth-order valence-electron chi connectivity index (χ4n) is 1.90. The Bertz CT molecular complexity index is 756. The van der Waals surface area contributed by atoms with Crippen molar-refractivity contribution < 1.29 is 9.47 Å². The molecule has 0 spiro atoms. The highest BCUT2D eigenvalue weighted by molar-refractivity contribution is 5.77. The third-order valence-corrected chi connectivity index (χ3v) is 2.81. The number of H-pyrrole nitrogens is 1. The second-order valence-electron chi connectivity index (χ2n) is 4.21. The second kappa shape index (κ2) is 5.66. The van der Waals surface area contributed by atoms with E-state index < -0.39 is 0 Å². The van der Waals surface area contributed by atoms with Gasteiger partial charge >= 0.3 is 0 Å². The van der Waals surface area contributed by atoms with Crippen molar-refractivity contribution in [2.45, 2.75) is 6.92 Å². The molecule has 0 atom stereocenters. The predicted octanol–water partition coefficient (Wildman–Crippen LogP) is 2.59. The number of hydrogen-bond donors (Lipinski definition) is 2. The first kappa shape index (κ1) is 13.2. The molecule has 0 radical (unpaired) electrons. The molecule has 0 saturated heterocycles. The molecule has 2 heterocycles. The van der Waals surface area contributed by atoms with Gasteiger partial charge in [-0.2, -0.15) is 9.97 Å². The van der Waals surface area contributed by atoms with Crippen LogP contribution in [0.25, 0.3) is 11.2 Å². The Morgan fingerprint density at radius 3 is 2.90 bits per heavy atom. The van der Waals surface area contributed by atoms with Gasteiger partial charge in [0.2, 0.25) is 5.95 Å². The number of imidazole rings is 1. The van der Waals surface area contributed by atoms with E-state index in [2.05, 4.69) is 25.3 Å². The minimum Gasteiger partial charge on any atom is -0.494 e. The number of benzene rings is 1. The summed E-state index contributed by atoms with van der Waals surface area (Å²) in [5, 5.41) is 2.89. The maximum Gasteiger partial charge on any atom is 0.250 e. The highest BCUT2D eigenvalue weighted by Gasteiger charge is 2.11. The molecule has 0 bridgehead atoms. The van der Waals surface area contributed by atoms with E-state index in [1.54, 1.807) is 13.4 Å². The van der Waals surface area contributed by atoms with E-state index in [9.17, 15) is 0 Å². The SMILES string of the molecule is CCOc1cccc(Oc2nc(NC)nc3nc[nH]c23)c1. The van der Waals surface area contributed by atoms with Gasteiger partial charge in [0, 0.05) is 13.1 Å². The Kier molecular flexibility index (Phi) is 3.55. The number of nitrogens with zero attached hydrogens (tertiary/aromatic N) is 3. The lowest BCUT2D eigenvalue weighted by molar-refractivity contribution is 0.338. The van der Waals surface area contributed by atoms with Crippen LogP contribution in [0, 0.1) is 0 Å². The number of rotatable bonds is 5. The molecule has 0 aliphatic rings. The van der Waals surface area contributed by atoms with Crippen LogP contribution >= 0.6 is 0 Å². The number of anilines is 1. The van der Waals surface area contributed by atoms with Crippen molar-refractivity contribution in [1.29, 1.82) is 0 Å². The van der Waals surface area contributed by atoms with Crippen LogP contribution in [0.3, 0.4) is 0 Å². The number of nitrogens with one attached hydrogen (secondary N) is 2. The summed E-state index contributed by atoms with van der Waals surface area (Å²) in [6.07, 6.45) is 1.56. The van der Waals surface area contributed by atoms with E-state index in [0.717, 1.165) is 5.75 Å². The van der Waals surface area contributed by atoms with Crippen molar-refractivity contribution in [3.8, 4) is 17.4 Å². The van der Waals surface area contributed by atoms with Crippen LogP contribution < -0.4 is 14.8 Å². The van der Waals surface area contributed by atoms with Crippen molar-refractivity contribution in [2.75, 3.05) is 19.0 Å². The van der Waals surface area contributed by atoms with Gasteiger partial charge < -0.3 is 19.8 Å². The van der Waals surface area contributed by atoms with Gasteiger partial charge in [0.15, 0.2) is 5.65 Å². The first-order valence-corrected chi connectivity index (χ1v) is 6.59. The van der Waals surface area contributed by atoms with Crippen LogP contribution in [0.1, 0.15) is 6.92 Å². The van der Waals surface area contributed by atoms with Gasteiger partial charge in [-0.15, -0.1) is 0 Å². The molecule has 7 nitrogen and oxygen atoms in total. The average molecular weight is 285 g/mol.